The molecule has 248 valence electrons. The highest BCUT2D eigenvalue weighted by atomic mass is 31.2. The fraction of sp³-hybridized carbons (Fsp3) is 0.697. The average Bonchev–Trinajstić information content (AvgIpc) is 2.97. The third kappa shape index (κ3) is 31.2. The van der Waals surface area contributed by atoms with Gasteiger partial charge in [0.25, 0.3) is 0 Å². The second-order valence-electron chi connectivity index (χ2n) is 10.6. The van der Waals surface area contributed by atoms with Crippen molar-refractivity contribution in [1.82, 2.24) is 0 Å². The van der Waals surface area contributed by atoms with Crippen molar-refractivity contribution in [3.05, 3.63) is 48.6 Å². The number of rotatable bonds is 28. The monoisotopic (exact) mass is 628 g/mol. The molecule has 0 fully saturated rings. The van der Waals surface area contributed by atoms with Gasteiger partial charge in [0.1, 0.15) is 6.61 Å². The third-order valence-electron chi connectivity index (χ3n) is 6.51. The molecule has 0 radical (unpaired) electrons. The van der Waals surface area contributed by atoms with Crippen LogP contribution in [0.25, 0.3) is 0 Å². The molecule has 0 unspecified atom stereocenters. The first kappa shape index (κ1) is 41.0. The molecule has 0 spiro atoms. The smallest absolute Gasteiger partial charge is 0.462 e. The minimum absolute atomic E-state index is 0.122. The van der Waals surface area contributed by atoms with Crippen LogP contribution in [-0.4, -0.2) is 52.3 Å². The Hall–Kier alpha value is -2.03. The standard InChI is InChI=1S/C33H57O9P/c1-3-5-6-7-16-20-23-26-32(35)40-28-31(29-41-43(37,38)39)42-33(36)27-24-21-18-15-13-11-9-8-10-12-14-17-19-22-25-30(34)4-2/h9-12,15,17-19,30-31,34H,3-8,13-14,16,20-29H2,1-2H3,(H2,37,38,39)/b11-9-,12-10-,18-15-,19-17-/t30-,31-/m1/s1. The number of aliphatic hydroxyl groups excluding tert-OH is 1. The zero-order chi connectivity index (χ0) is 32.0. The van der Waals surface area contributed by atoms with Crippen molar-refractivity contribution in [2.45, 2.75) is 135 Å². The van der Waals surface area contributed by atoms with E-state index in [0.717, 1.165) is 57.8 Å². The summed E-state index contributed by atoms with van der Waals surface area (Å²) in [4.78, 5) is 42.3. The highest BCUT2D eigenvalue weighted by molar-refractivity contribution is 7.46. The first-order valence-electron chi connectivity index (χ1n) is 16.0. The number of carbonyl (C=O) groups excluding carboxylic acids is 2. The van der Waals surface area contributed by atoms with Gasteiger partial charge in [0.15, 0.2) is 6.10 Å². The zero-order valence-corrected chi connectivity index (χ0v) is 27.3. The maximum atomic E-state index is 12.2. The summed E-state index contributed by atoms with van der Waals surface area (Å²) in [6, 6.07) is 0. The van der Waals surface area contributed by atoms with Gasteiger partial charge in [-0.25, -0.2) is 4.57 Å². The Morgan fingerprint density at radius 3 is 1.81 bits per heavy atom. The minimum atomic E-state index is -4.76. The number of phosphoric ester groups is 1. The molecule has 0 saturated heterocycles. The maximum absolute atomic E-state index is 12.2. The Kier molecular flexibility index (Phi) is 27.4. The average molecular weight is 629 g/mol. The molecule has 0 rings (SSSR count). The first-order valence-corrected chi connectivity index (χ1v) is 17.5. The molecule has 9 nitrogen and oxygen atoms in total. The van der Waals surface area contributed by atoms with Crippen LogP contribution < -0.4 is 0 Å². The molecule has 2 atom stereocenters. The topological polar surface area (TPSA) is 140 Å². The number of aliphatic hydroxyl groups is 1. The molecule has 0 aliphatic carbocycles. The molecule has 0 amide bonds. The second-order valence-corrected chi connectivity index (χ2v) is 11.8. The first-order chi connectivity index (χ1) is 20.7. The van der Waals surface area contributed by atoms with Crippen molar-refractivity contribution in [1.29, 1.82) is 0 Å². The fourth-order valence-corrected chi connectivity index (χ4v) is 4.29. The molecule has 43 heavy (non-hydrogen) atoms. The Morgan fingerprint density at radius 1 is 0.698 bits per heavy atom. The van der Waals surface area contributed by atoms with Crippen molar-refractivity contribution >= 4 is 19.8 Å². The summed E-state index contributed by atoms with van der Waals surface area (Å²) in [5.74, 6) is -0.982. The number of hydrogen-bond donors (Lipinski definition) is 3. The van der Waals surface area contributed by atoms with E-state index in [1.54, 1.807) is 0 Å². The van der Waals surface area contributed by atoms with Crippen molar-refractivity contribution in [3.63, 3.8) is 0 Å². The van der Waals surface area contributed by atoms with Crippen LogP contribution in [-0.2, 0) is 28.2 Å². The van der Waals surface area contributed by atoms with E-state index in [1.165, 1.54) is 19.3 Å². The second kappa shape index (κ2) is 28.7. The van der Waals surface area contributed by atoms with E-state index < -0.39 is 32.5 Å². The van der Waals surface area contributed by atoms with E-state index >= 15 is 0 Å². The lowest BCUT2D eigenvalue weighted by molar-refractivity contribution is -0.161. The molecule has 0 aromatic carbocycles. The van der Waals surface area contributed by atoms with Crippen molar-refractivity contribution in [3.8, 4) is 0 Å². The number of ether oxygens (including phenoxy) is 2. The molecular formula is C33H57O9P. The van der Waals surface area contributed by atoms with Crippen LogP contribution in [0.4, 0.5) is 0 Å². The van der Waals surface area contributed by atoms with Crippen LogP contribution in [0, 0.1) is 0 Å². The largest absolute Gasteiger partial charge is 0.469 e. The fourth-order valence-electron chi connectivity index (χ4n) is 3.93. The third-order valence-corrected chi connectivity index (χ3v) is 7.00. The summed E-state index contributed by atoms with van der Waals surface area (Å²) in [5, 5.41) is 9.51. The Morgan fingerprint density at radius 2 is 1.23 bits per heavy atom. The van der Waals surface area contributed by atoms with E-state index in [-0.39, 0.29) is 25.6 Å². The molecule has 10 heteroatoms. The zero-order valence-electron chi connectivity index (χ0n) is 26.4. The number of esters is 2. The van der Waals surface area contributed by atoms with E-state index in [1.807, 2.05) is 19.1 Å². The summed E-state index contributed by atoms with van der Waals surface area (Å²) in [6.45, 7) is 3.26. The van der Waals surface area contributed by atoms with Crippen LogP contribution in [0.2, 0.25) is 0 Å². The highest BCUT2D eigenvalue weighted by Gasteiger charge is 2.22. The summed E-state index contributed by atoms with van der Waals surface area (Å²) < 4.78 is 26.0. The number of carbonyl (C=O) groups is 2. The molecule has 0 aliphatic heterocycles. The minimum Gasteiger partial charge on any atom is -0.462 e. The predicted molar refractivity (Wildman–Crippen MR) is 171 cm³/mol. The van der Waals surface area contributed by atoms with Gasteiger partial charge in [0.05, 0.1) is 12.7 Å². The number of phosphoric acid groups is 1. The van der Waals surface area contributed by atoms with Gasteiger partial charge in [-0.3, -0.25) is 14.1 Å². The molecule has 3 N–H and O–H groups in total. The lowest BCUT2D eigenvalue weighted by atomic mass is 10.1. The van der Waals surface area contributed by atoms with Gasteiger partial charge in [0, 0.05) is 12.8 Å². The molecule has 0 aromatic rings. The van der Waals surface area contributed by atoms with Gasteiger partial charge in [-0.05, 0) is 57.8 Å². The number of allylic oxidation sites excluding steroid dienone is 8. The molecular weight excluding hydrogens is 571 g/mol. The predicted octanol–water partition coefficient (Wildman–Crippen LogP) is 7.81. The summed E-state index contributed by atoms with van der Waals surface area (Å²) >= 11 is 0. The lowest BCUT2D eigenvalue weighted by Crippen LogP contribution is -2.29. The number of unbranched alkanes of at least 4 members (excludes halogenated alkanes) is 7. The van der Waals surface area contributed by atoms with E-state index in [4.69, 9.17) is 19.3 Å². The van der Waals surface area contributed by atoms with E-state index in [9.17, 15) is 19.3 Å². The summed E-state index contributed by atoms with van der Waals surface area (Å²) in [7, 11) is -4.76. The van der Waals surface area contributed by atoms with Crippen LogP contribution in [0.5, 0.6) is 0 Å². The molecule has 0 bridgehead atoms. The van der Waals surface area contributed by atoms with Gasteiger partial charge in [-0.1, -0.05) is 101 Å². The van der Waals surface area contributed by atoms with Crippen molar-refractivity contribution in [2.75, 3.05) is 13.2 Å². The Labute approximate surface area is 259 Å². The van der Waals surface area contributed by atoms with Gasteiger partial charge in [-0.15, -0.1) is 0 Å². The van der Waals surface area contributed by atoms with Gasteiger partial charge in [0.2, 0.25) is 0 Å². The number of hydrogen-bond acceptors (Lipinski definition) is 7. The Bertz CT molecular complexity index is 860. The van der Waals surface area contributed by atoms with Gasteiger partial charge >= 0.3 is 19.8 Å². The molecule has 0 heterocycles. The summed E-state index contributed by atoms with van der Waals surface area (Å²) in [5.41, 5.74) is 0. The quantitative estimate of drug-likeness (QED) is 0.0342. The van der Waals surface area contributed by atoms with Crippen LogP contribution in [0.15, 0.2) is 48.6 Å². The lowest BCUT2D eigenvalue weighted by Gasteiger charge is -2.18. The van der Waals surface area contributed by atoms with Gasteiger partial charge in [-0.2, -0.15) is 0 Å². The summed E-state index contributed by atoms with van der Waals surface area (Å²) in [6.07, 6.45) is 29.5. The van der Waals surface area contributed by atoms with Gasteiger partial charge < -0.3 is 24.4 Å². The van der Waals surface area contributed by atoms with E-state index in [2.05, 4.69) is 47.9 Å². The highest BCUT2D eigenvalue weighted by Crippen LogP contribution is 2.35. The van der Waals surface area contributed by atoms with Crippen LogP contribution in [0.3, 0.4) is 0 Å². The van der Waals surface area contributed by atoms with Crippen LogP contribution in [0.1, 0.15) is 123 Å². The SMILES string of the molecule is CCCCCCCCCC(=O)OC[C@H](COP(=O)(O)O)OC(=O)CCC/C=C\C/C=C\C/C=C\C/C=C\CC[C@H](O)CC. The molecule has 0 aromatic heterocycles. The van der Waals surface area contributed by atoms with Crippen LogP contribution >= 0.6 is 7.82 Å². The van der Waals surface area contributed by atoms with Crippen molar-refractivity contribution in [2.24, 2.45) is 0 Å². The van der Waals surface area contributed by atoms with E-state index in [0.29, 0.717) is 19.3 Å². The Balaban J connectivity index is 4.15. The molecule has 0 saturated carbocycles. The molecule has 0 aliphatic rings. The maximum Gasteiger partial charge on any atom is 0.469 e. The van der Waals surface area contributed by atoms with Crippen molar-refractivity contribution < 1.29 is 43.0 Å². The normalized spacial score (nSPS) is 13.9.